The van der Waals surface area contributed by atoms with Crippen LogP contribution in [0.25, 0.3) is 0 Å². The smallest absolute Gasteiger partial charge is 0.326 e. The normalized spacial score (nSPS) is 33.8. The molecular weight excluding hydrogens is 640 g/mol. The lowest BCUT2D eigenvalue weighted by Gasteiger charge is -2.60. The molecule has 4 rings (SSSR count). The number of carbonyl (C=O) groups is 6. The number of amides is 2. The summed E-state index contributed by atoms with van der Waals surface area (Å²) in [4.78, 5) is 75.3. The van der Waals surface area contributed by atoms with Crippen LogP contribution >= 0.6 is 11.8 Å². The summed E-state index contributed by atoms with van der Waals surface area (Å²) < 4.78 is 5.23. The number of aliphatic hydroxyl groups excluding tert-OH is 1. The molecule has 0 aromatic carbocycles. The van der Waals surface area contributed by atoms with Crippen LogP contribution in [-0.2, 0) is 33.5 Å². The van der Waals surface area contributed by atoms with Gasteiger partial charge in [-0.3, -0.25) is 24.0 Å². The van der Waals surface area contributed by atoms with Gasteiger partial charge in [0.2, 0.25) is 17.6 Å². The Morgan fingerprint density at radius 3 is 2.42 bits per heavy atom. The van der Waals surface area contributed by atoms with Crippen LogP contribution < -0.4 is 10.6 Å². The predicted octanol–water partition coefficient (Wildman–Crippen LogP) is 2.58. The lowest BCUT2D eigenvalue weighted by atomic mass is 9.45. The van der Waals surface area contributed by atoms with E-state index in [2.05, 4.69) is 17.6 Å². The van der Waals surface area contributed by atoms with Crippen molar-refractivity contribution in [1.82, 2.24) is 10.6 Å². The van der Waals surface area contributed by atoms with E-state index in [0.29, 0.717) is 25.0 Å². The van der Waals surface area contributed by atoms with Gasteiger partial charge in [-0.2, -0.15) is 11.8 Å². The minimum atomic E-state index is -1.79. The number of aliphatic carboxylic acids is 1. The number of rotatable bonds is 14. The van der Waals surface area contributed by atoms with Gasteiger partial charge in [0.15, 0.2) is 12.4 Å². The van der Waals surface area contributed by atoms with Crippen LogP contribution in [0.2, 0.25) is 0 Å². The fourth-order valence-corrected chi connectivity index (χ4v) is 9.71. The molecule has 0 aromatic heterocycles. The van der Waals surface area contributed by atoms with Gasteiger partial charge < -0.3 is 30.7 Å². The van der Waals surface area contributed by atoms with E-state index in [9.17, 15) is 44.1 Å². The molecule has 0 bridgehead atoms. The molecular formula is C35H52N2O10S. The molecule has 13 heteroatoms. The van der Waals surface area contributed by atoms with Crippen LogP contribution in [0.4, 0.5) is 0 Å². The molecule has 0 aromatic rings. The van der Waals surface area contributed by atoms with Crippen molar-refractivity contribution < 1.29 is 48.8 Å². The molecule has 2 amide bonds. The molecule has 3 saturated carbocycles. The summed E-state index contributed by atoms with van der Waals surface area (Å²) in [7, 11) is 0. The first-order valence-corrected chi connectivity index (χ1v) is 18.5. The van der Waals surface area contributed by atoms with Gasteiger partial charge in [-0.15, -0.1) is 0 Å². The maximum absolute atomic E-state index is 13.5. The van der Waals surface area contributed by atoms with Crippen molar-refractivity contribution in [3.8, 4) is 0 Å². The quantitative estimate of drug-likeness (QED) is 0.168. The Morgan fingerprint density at radius 1 is 1.06 bits per heavy atom. The fourth-order valence-electron chi connectivity index (χ4n) is 9.24. The molecule has 268 valence electrons. The van der Waals surface area contributed by atoms with Crippen molar-refractivity contribution in [2.24, 2.45) is 34.5 Å². The summed E-state index contributed by atoms with van der Waals surface area (Å²) in [5.74, 6) is -3.56. The number of ether oxygens (including phenoxy) is 1. The first-order chi connectivity index (χ1) is 22.5. The SMILES string of the molecule is CSCC[C@H](NC(=O)[C@@H](NC(=O)CCC(=O)OCC(=O)[C@@]1(O)CC[C@H]2[C@@H]3CCC4=CC(=O)CC[C@]4(C)[C@H]3[C@@H](O)C[C@@]21C)C(C)C)C(=O)O. The molecule has 0 spiro atoms. The second-order valence-electron chi connectivity index (χ2n) is 15.0. The number of allylic oxidation sites excluding steroid dienone is 1. The van der Waals surface area contributed by atoms with Crippen molar-refractivity contribution in [2.75, 3.05) is 18.6 Å². The number of aliphatic hydroxyl groups is 2. The number of hydrogen-bond acceptors (Lipinski definition) is 10. The maximum Gasteiger partial charge on any atom is 0.326 e. The summed E-state index contributed by atoms with van der Waals surface area (Å²) in [6.45, 7) is 6.73. The van der Waals surface area contributed by atoms with Crippen molar-refractivity contribution in [1.29, 1.82) is 0 Å². The number of ketones is 2. The molecule has 4 aliphatic rings. The van der Waals surface area contributed by atoms with Crippen molar-refractivity contribution in [2.45, 2.75) is 116 Å². The first-order valence-electron chi connectivity index (χ1n) is 17.1. The third kappa shape index (κ3) is 7.38. The number of carboxylic acid groups (broad SMARTS) is 1. The van der Waals surface area contributed by atoms with E-state index >= 15 is 0 Å². The first kappa shape index (κ1) is 38.0. The fraction of sp³-hybridized carbons (Fsp3) is 0.771. The number of nitrogens with one attached hydrogen (secondary N) is 2. The van der Waals surface area contributed by atoms with E-state index in [0.717, 1.165) is 18.4 Å². The van der Waals surface area contributed by atoms with Crippen LogP contribution in [0.3, 0.4) is 0 Å². The zero-order valence-electron chi connectivity index (χ0n) is 28.7. The third-order valence-electron chi connectivity index (χ3n) is 11.9. The molecule has 0 saturated heterocycles. The Kier molecular flexibility index (Phi) is 11.9. The van der Waals surface area contributed by atoms with E-state index in [1.54, 1.807) is 19.9 Å². The highest BCUT2D eigenvalue weighted by atomic mass is 32.2. The maximum atomic E-state index is 13.5. The monoisotopic (exact) mass is 692 g/mol. The predicted molar refractivity (Wildman–Crippen MR) is 178 cm³/mol. The average molecular weight is 693 g/mol. The summed E-state index contributed by atoms with van der Waals surface area (Å²) >= 11 is 1.45. The topological polar surface area (TPSA) is 196 Å². The Hall–Kier alpha value is -2.77. The molecule has 48 heavy (non-hydrogen) atoms. The molecule has 4 aliphatic carbocycles. The lowest BCUT2D eigenvalue weighted by molar-refractivity contribution is -0.184. The number of carboxylic acids is 1. The van der Waals surface area contributed by atoms with Gasteiger partial charge in [-0.25, -0.2) is 4.79 Å². The Bertz CT molecular complexity index is 1330. The van der Waals surface area contributed by atoms with E-state index in [1.165, 1.54) is 11.8 Å². The molecule has 5 N–H and O–H groups in total. The summed E-state index contributed by atoms with van der Waals surface area (Å²) in [5.41, 5.74) is -1.90. The van der Waals surface area contributed by atoms with Gasteiger partial charge in [0.05, 0.1) is 12.5 Å². The minimum absolute atomic E-state index is 0.0161. The van der Waals surface area contributed by atoms with Gasteiger partial charge in [0.25, 0.3) is 0 Å². The number of carbonyl (C=O) groups excluding carboxylic acids is 5. The molecule has 0 unspecified atom stereocenters. The number of esters is 1. The number of Topliss-reactive ketones (excluding diaryl/α,β-unsaturated/α-hetero) is 1. The summed E-state index contributed by atoms with van der Waals surface area (Å²) in [6.07, 6.45) is 6.04. The van der Waals surface area contributed by atoms with Gasteiger partial charge in [0.1, 0.15) is 17.7 Å². The zero-order valence-corrected chi connectivity index (χ0v) is 29.5. The molecule has 0 radical (unpaired) electrons. The van der Waals surface area contributed by atoms with Crippen LogP contribution in [0.15, 0.2) is 11.6 Å². The van der Waals surface area contributed by atoms with Gasteiger partial charge >= 0.3 is 11.9 Å². The number of fused-ring (bicyclic) bond motifs is 5. The van der Waals surface area contributed by atoms with Crippen molar-refractivity contribution >= 4 is 47.1 Å². The zero-order chi connectivity index (χ0) is 35.6. The standard InChI is InChI=1S/C35H52N2O10S/c1-19(2)30(31(43)36-24(32(44)45)12-15-48-5)37-27(41)8-9-28(42)47-18-26(40)35(46)14-11-23-22-7-6-20-16-21(38)10-13-33(20,3)29(22)25(39)17-34(23,35)4/h16,19,22-25,29-30,39,46H,6-15,17-18H2,1-5H3,(H,36,43)(H,37,41)(H,44,45)/t22-,23-,24-,25-,29+,30-,33-,34-,35-/m0/s1. The molecule has 9 atom stereocenters. The van der Waals surface area contributed by atoms with Crippen molar-refractivity contribution in [3.05, 3.63) is 11.6 Å². The second kappa shape index (κ2) is 15.0. The van der Waals surface area contributed by atoms with Crippen LogP contribution in [0, 0.1) is 34.5 Å². The Labute approximate surface area is 286 Å². The highest BCUT2D eigenvalue weighted by molar-refractivity contribution is 7.98. The van der Waals surface area contributed by atoms with Crippen LogP contribution in [0.1, 0.15) is 91.9 Å². The second-order valence-corrected chi connectivity index (χ2v) is 16.0. The largest absolute Gasteiger partial charge is 0.480 e. The van der Waals surface area contributed by atoms with Gasteiger partial charge in [-0.05, 0) is 92.1 Å². The van der Waals surface area contributed by atoms with E-state index < -0.39 is 65.3 Å². The average Bonchev–Trinajstić information content (AvgIpc) is 3.29. The molecule has 0 aliphatic heterocycles. The van der Waals surface area contributed by atoms with E-state index in [-0.39, 0.29) is 67.0 Å². The number of thioether (sulfide) groups is 1. The summed E-state index contributed by atoms with van der Waals surface area (Å²) in [5, 5.41) is 37.9. The van der Waals surface area contributed by atoms with Gasteiger partial charge in [0, 0.05) is 18.3 Å². The third-order valence-corrected chi connectivity index (χ3v) is 12.6. The molecule has 12 nitrogen and oxygen atoms in total. The highest BCUT2D eigenvalue weighted by Crippen LogP contribution is 2.67. The highest BCUT2D eigenvalue weighted by Gasteiger charge is 2.68. The Balaban J connectivity index is 1.31. The van der Waals surface area contributed by atoms with Gasteiger partial charge in [-0.1, -0.05) is 33.3 Å². The van der Waals surface area contributed by atoms with Crippen molar-refractivity contribution in [3.63, 3.8) is 0 Å². The van der Waals surface area contributed by atoms with E-state index in [4.69, 9.17) is 4.74 Å². The lowest BCUT2D eigenvalue weighted by Crippen LogP contribution is -2.62. The summed E-state index contributed by atoms with van der Waals surface area (Å²) in [6, 6.07) is -2.11. The van der Waals surface area contributed by atoms with Crippen LogP contribution in [-0.4, -0.2) is 93.0 Å². The Morgan fingerprint density at radius 2 is 1.77 bits per heavy atom. The number of hydrogen-bond donors (Lipinski definition) is 5. The van der Waals surface area contributed by atoms with E-state index in [1.807, 2.05) is 13.2 Å². The molecule has 0 heterocycles. The van der Waals surface area contributed by atoms with Crippen LogP contribution in [0.5, 0.6) is 0 Å². The molecule has 3 fully saturated rings. The minimum Gasteiger partial charge on any atom is -0.480 e.